The summed E-state index contributed by atoms with van der Waals surface area (Å²) in [6.45, 7) is 1.74. The van der Waals surface area contributed by atoms with Crippen molar-refractivity contribution in [1.82, 2.24) is 9.38 Å². The summed E-state index contributed by atoms with van der Waals surface area (Å²) in [7, 11) is 4.37. The highest BCUT2D eigenvalue weighted by Crippen LogP contribution is 2.30. The number of carbonyl (C=O) groups is 1. The maximum atomic E-state index is 11.8. The van der Waals surface area contributed by atoms with Crippen LogP contribution in [0, 0.1) is 6.92 Å². The van der Waals surface area contributed by atoms with Crippen LogP contribution in [0.25, 0.3) is 5.65 Å². The minimum atomic E-state index is -0.466. The Kier molecular flexibility index (Phi) is 3.10. The fourth-order valence-corrected chi connectivity index (χ4v) is 1.88. The second kappa shape index (κ2) is 4.56. The van der Waals surface area contributed by atoms with Gasteiger partial charge in [0.15, 0.2) is 11.4 Å². The van der Waals surface area contributed by atoms with E-state index in [1.54, 1.807) is 23.5 Å². The topological polar surface area (TPSA) is 62.1 Å². The maximum Gasteiger partial charge on any atom is 0.357 e. The number of aryl methyl sites for hydroxylation is 1. The van der Waals surface area contributed by atoms with Crippen LogP contribution in [0.2, 0.25) is 0 Å². The van der Waals surface area contributed by atoms with Gasteiger partial charge in [0.05, 0.1) is 27.0 Å². The lowest BCUT2D eigenvalue weighted by Crippen LogP contribution is -2.09. The summed E-state index contributed by atoms with van der Waals surface area (Å²) in [5.74, 6) is 0.468. The lowest BCUT2D eigenvalue weighted by Gasteiger charge is -2.10. The van der Waals surface area contributed by atoms with Gasteiger partial charge < -0.3 is 14.2 Å². The molecule has 0 bridgehead atoms. The van der Waals surface area contributed by atoms with Crippen molar-refractivity contribution in [1.29, 1.82) is 0 Å². The molecule has 18 heavy (non-hydrogen) atoms. The van der Waals surface area contributed by atoms with Crippen LogP contribution in [0.15, 0.2) is 12.1 Å². The fraction of sp³-hybridized carbons (Fsp3) is 0.333. The molecule has 2 rings (SSSR count). The molecule has 6 heteroatoms. The van der Waals surface area contributed by atoms with Gasteiger partial charge in [-0.1, -0.05) is 0 Å². The van der Waals surface area contributed by atoms with Gasteiger partial charge in [-0.3, -0.25) is 4.40 Å². The molecule has 2 aromatic heterocycles. The largest absolute Gasteiger partial charge is 0.491 e. The molecule has 0 amide bonds. The molecule has 0 unspecified atom stereocenters. The number of ether oxygens (including phenoxy) is 3. The number of fused-ring (bicyclic) bond motifs is 1. The molecule has 0 spiro atoms. The van der Waals surface area contributed by atoms with E-state index >= 15 is 0 Å². The Bertz CT molecular complexity index is 604. The number of methoxy groups -OCH3 is 3. The Labute approximate surface area is 104 Å². The first-order chi connectivity index (χ1) is 8.63. The summed E-state index contributed by atoms with van der Waals surface area (Å²) >= 11 is 0. The summed E-state index contributed by atoms with van der Waals surface area (Å²) in [5.41, 5.74) is 1.52. The van der Waals surface area contributed by atoms with Crippen molar-refractivity contribution in [2.45, 2.75) is 6.92 Å². The predicted molar refractivity (Wildman–Crippen MR) is 64.4 cm³/mol. The Morgan fingerprint density at radius 2 is 1.94 bits per heavy atom. The summed E-state index contributed by atoms with van der Waals surface area (Å²) < 4.78 is 16.8. The standard InChI is InChI=1S/C12H14N2O4/c1-7-10(12(15)18-4)14-9(13-7)6-5-8(16-2)11(14)17-3/h5-6H,1-4H3. The van der Waals surface area contributed by atoms with Crippen molar-refractivity contribution >= 4 is 11.6 Å². The van der Waals surface area contributed by atoms with Crippen molar-refractivity contribution in [3.8, 4) is 11.6 Å². The molecule has 0 aromatic carbocycles. The van der Waals surface area contributed by atoms with Gasteiger partial charge in [0.25, 0.3) is 0 Å². The molecule has 0 aliphatic carbocycles. The lowest BCUT2D eigenvalue weighted by atomic mass is 10.3. The first kappa shape index (κ1) is 12.2. The number of pyridine rings is 1. The molecule has 96 valence electrons. The van der Waals surface area contributed by atoms with E-state index in [4.69, 9.17) is 14.2 Å². The van der Waals surface area contributed by atoms with Gasteiger partial charge in [-0.05, 0) is 19.1 Å². The van der Waals surface area contributed by atoms with Gasteiger partial charge in [0.1, 0.15) is 5.65 Å². The third kappa shape index (κ3) is 1.66. The minimum absolute atomic E-state index is 0.336. The summed E-state index contributed by atoms with van der Waals surface area (Å²) in [4.78, 5) is 16.1. The first-order valence-electron chi connectivity index (χ1n) is 5.32. The Balaban J connectivity index is 2.84. The van der Waals surface area contributed by atoms with E-state index in [0.717, 1.165) is 0 Å². The Morgan fingerprint density at radius 1 is 1.22 bits per heavy atom. The van der Waals surface area contributed by atoms with Gasteiger partial charge in [0, 0.05) is 0 Å². The lowest BCUT2D eigenvalue weighted by molar-refractivity contribution is 0.0590. The Hall–Kier alpha value is -2.24. The molecule has 0 fully saturated rings. The summed E-state index contributed by atoms with van der Waals surface area (Å²) in [5, 5.41) is 0. The third-order valence-corrected chi connectivity index (χ3v) is 2.67. The minimum Gasteiger partial charge on any atom is -0.491 e. The van der Waals surface area contributed by atoms with Crippen LogP contribution in [0.1, 0.15) is 16.2 Å². The first-order valence-corrected chi connectivity index (χ1v) is 5.32. The van der Waals surface area contributed by atoms with Gasteiger partial charge in [0.2, 0.25) is 5.88 Å². The van der Waals surface area contributed by atoms with Gasteiger partial charge in [-0.2, -0.15) is 0 Å². The van der Waals surface area contributed by atoms with Gasteiger partial charge in [-0.15, -0.1) is 0 Å². The van der Waals surface area contributed by atoms with Crippen molar-refractivity contribution in [2.75, 3.05) is 21.3 Å². The third-order valence-electron chi connectivity index (χ3n) is 2.67. The number of esters is 1. The van der Waals surface area contributed by atoms with E-state index in [2.05, 4.69) is 4.98 Å². The number of rotatable bonds is 3. The zero-order valence-corrected chi connectivity index (χ0v) is 10.7. The summed E-state index contributed by atoms with van der Waals surface area (Å²) in [6.07, 6.45) is 0. The number of nitrogens with zero attached hydrogens (tertiary/aromatic N) is 2. The highest BCUT2D eigenvalue weighted by atomic mass is 16.5. The average Bonchev–Trinajstić information content (AvgIpc) is 2.72. The van der Waals surface area contributed by atoms with Crippen molar-refractivity contribution in [2.24, 2.45) is 0 Å². The molecule has 0 N–H and O–H groups in total. The smallest absolute Gasteiger partial charge is 0.357 e. The number of hydrogen-bond acceptors (Lipinski definition) is 5. The molecule has 0 saturated carbocycles. The van der Waals surface area contributed by atoms with Crippen molar-refractivity contribution in [3.05, 3.63) is 23.5 Å². The molecule has 0 saturated heterocycles. The molecule has 2 heterocycles. The van der Waals surface area contributed by atoms with Crippen LogP contribution in [-0.2, 0) is 4.74 Å². The number of hydrogen-bond donors (Lipinski definition) is 0. The monoisotopic (exact) mass is 250 g/mol. The van der Waals surface area contributed by atoms with E-state index < -0.39 is 5.97 Å². The van der Waals surface area contributed by atoms with Crippen LogP contribution in [0.4, 0.5) is 0 Å². The average molecular weight is 250 g/mol. The number of imidazole rings is 1. The van der Waals surface area contributed by atoms with Crippen LogP contribution in [0.3, 0.4) is 0 Å². The van der Waals surface area contributed by atoms with E-state index in [-0.39, 0.29) is 0 Å². The van der Waals surface area contributed by atoms with E-state index in [9.17, 15) is 4.79 Å². The zero-order valence-electron chi connectivity index (χ0n) is 10.7. The molecule has 2 aromatic rings. The SMILES string of the molecule is COC(=O)c1c(C)nc2ccc(OC)c(OC)n12. The van der Waals surface area contributed by atoms with E-state index in [0.29, 0.717) is 28.7 Å². The second-order valence-corrected chi connectivity index (χ2v) is 3.64. The molecular formula is C12H14N2O4. The number of aromatic nitrogens is 2. The van der Waals surface area contributed by atoms with Crippen LogP contribution in [0.5, 0.6) is 11.6 Å². The van der Waals surface area contributed by atoms with E-state index in [1.165, 1.54) is 21.3 Å². The predicted octanol–water partition coefficient (Wildman–Crippen LogP) is 1.45. The molecular weight excluding hydrogens is 236 g/mol. The van der Waals surface area contributed by atoms with Crippen molar-refractivity contribution in [3.63, 3.8) is 0 Å². The summed E-state index contributed by atoms with van der Waals surface area (Å²) in [6, 6.07) is 3.49. The van der Waals surface area contributed by atoms with Crippen LogP contribution < -0.4 is 9.47 Å². The highest BCUT2D eigenvalue weighted by molar-refractivity contribution is 5.90. The quantitative estimate of drug-likeness (QED) is 0.771. The second-order valence-electron chi connectivity index (χ2n) is 3.64. The van der Waals surface area contributed by atoms with Crippen LogP contribution in [-0.4, -0.2) is 36.7 Å². The maximum absolute atomic E-state index is 11.8. The van der Waals surface area contributed by atoms with Gasteiger partial charge in [-0.25, -0.2) is 9.78 Å². The Morgan fingerprint density at radius 3 is 2.50 bits per heavy atom. The van der Waals surface area contributed by atoms with Crippen LogP contribution >= 0.6 is 0 Å². The molecule has 6 nitrogen and oxygen atoms in total. The molecule has 0 aliphatic rings. The van der Waals surface area contributed by atoms with Crippen molar-refractivity contribution < 1.29 is 19.0 Å². The zero-order chi connectivity index (χ0) is 13.3. The fourth-order valence-electron chi connectivity index (χ4n) is 1.88. The molecule has 0 radical (unpaired) electrons. The number of carbonyl (C=O) groups excluding carboxylic acids is 1. The normalized spacial score (nSPS) is 10.4. The van der Waals surface area contributed by atoms with E-state index in [1.807, 2.05) is 0 Å². The van der Waals surface area contributed by atoms with Gasteiger partial charge >= 0.3 is 5.97 Å². The molecule has 0 aliphatic heterocycles. The highest BCUT2D eigenvalue weighted by Gasteiger charge is 2.21. The molecule has 0 atom stereocenters.